The molecule has 3 N–H and O–H groups in total. The zero-order chi connectivity index (χ0) is 15.2. The molecule has 7 nitrogen and oxygen atoms in total. The average Bonchev–Trinajstić information content (AvgIpc) is 2.96. The van der Waals surface area contributed by atoms with Gasteiger partial charge in [-0.15, -0.1) is 5.10 Å². The zero-order valence-corrected chi connectivity index (χ0v) is 11.9. The van der Waals surface area contributed by atoms with Crippen LogP contribution in [-0.4, -0.2) is 27.0 Å². The maximum Gasteiger partial charge on any atom is 0.295 e. The minimum atomic E-state index is -0.398. The number of aryl methyl sites for hydroxylation is 1. The molecule has 0 saturated heterocycles. The Kier molecular flexibility index (Phi) is 4.65. The number of carbonyl (C=O) groups excluding carboxylic acids is 2. The van der Waals surface area contributed by atoms with E-state index >= 15 is 0 Å². The second kappa shape index (κ2) is 6.65. The summed E-state index contributed by atoms with van der Waals surface area (Å²) in [6.45, 7) is 3.69. The van der Waals surface area contributed by atoms with Crippen LogP contribution in [-0.2, 0) is 11.2 Å². The fourth-order valence-electron chi connectivity index (χ4n) is 1.67. The molecule has 7 heteroatoms. The van der Waals surface area contributed by atoms with E-state index in [4.69, 9.17) is 0 Å². The van der Waals surface area contributed by atoms with Gasteiger partial charge in [0.2, 0.25) is 11.7 Å². The van der Waals surface area contributed by atoms with Gasteiger partial charge in [-0.25, -0.2) is 4.98 Å². The highest BCUT2D eigenvalue weighted by Gasteiger charge is 2.12. The lowest BCUT2D eigenvalue weighted by atomic mass is 10.2. The summed E-state index contributed by atoms with van der Waals surface area (Å²) in [5.74, 6) is 0.268. The Bertz CT molecular complexity index is 650. The smallest absolute Gasteiger partial charge is 0.295 e. The third kappa shape index (κ3) is 3.88. The molecule has 0 saturated carbocycles. The van der Waals surface area contributed by atoms with Crippen molar-refractivity contribution in [1.29, 1.82) is 0 Å². The number of rotatable bonds is 5. The molecule has 0 aliphatic carbocycles. The molecule has 0 atom stereocenters. The molecule has 0 radical (unpaired) electrons. The van der Waals surface area contributed by atoms with Crippen LogP contribution in [0.3, 0.4) is 0 Å². The molecule has 2 rings (SSSR count). The quantitative estimate of drug-likeness (QED) is 0.782. The topological polar surface area (TPSA) is 99.8 Å². The molecule has 0 aliphatic rings. The van der Waals surface area contributed by atoms with Crippen molar-refractivity contribution in [2.45, 2.75) is 26.7 Å². The number of benzene rings is 1. The Labute approximate surface area is 122 Å². The normalized spacial score (nSPS) is 10.2. The lowest BCUT2D eigenvalue weighted by molar-refractivity contribution is -0.115. The van der Waals surface area contributed by atoms with Gasteiger partial charge < -0.3 is 10.6 Å². The second-order valence-electron chi connectivity index (χ2n) is 4.40. The van der Waals surface area contributed by atoms with Gasteiger partial charge in [0.15, 0.2) is 0 Å². The van der Waals surface area contributed by atoms with E-state index in [1.165, 1.54) is 0 Å². The number of hydrogen-bond acceptors (Lipinski definition) is 4. The van der Waals surface area contributed by atoms with Gasteiger partial charge >= 0.3 is 0 Å². The van der Waals surface area contributed by atoms with Gasteiger partial charge in [-0.3, -0.25) is 14.7 Å². The first-order valence-electron chi connectivity index (χ1n) is 6.75. The van der Waals surface area contributed by atoms with Crippen LogP contribution >= 0.6 is 0 Å². The highest BCUT2D eigenvalue weighted by molar-refractivity contribution is 6.02. The molecule has 1 aromatic carbocycles. The number of hydrogen-bond donors (Lipinski definition) is 3. The summed E-state index contributed by atoms with van der Waals surface area (Å²) >= 11 is 0. The molecule has 110 valence electrons. The van der Waals surface area contributed by atoms with Gasteiger partial charge in [0.25, 0.3) is 5.91 Å². The Hall–Kier alpha value is -2.70. The highest BCUT2D eigenvalue weighted by atomic mass is 16.2. The predicted octanol–water partition coefficient (Wildman–Crippen LogP) is 1.97. The van der Waals surface area contributed by atoms with Gasteiger partial charge in [0.1, 0.15) is 5.82 Å². The number of aromatic amines is 1. The fourth-order valence-corrected chi connectivity index (χ4v) is 1.67. The Morgan fingerprint density at radius 2 is 1.90 bits per heavy atom. The van der Waals surface area contributed by atoms with Crippen LogP contribution in [0.5, 0.6) is 0 Å². The summed E-state index contributed by atoms with van der Waals surface area (Å²) in [5.41, 5.74) is 1.20. The van der Waals surface area contributed by atoms with Crippen molar-refractivity contribution in [3.8, 4) is 0 Å². The SMILES string of the molecule is CCC(=O)Nc1cccc(NC(=O)c2n[nH]c(CC)n2)c1. The lowest BCUT2D eigenvalue weighted by Gasteiger charge is -2.07. The van der Waals surface area contributed by atoms with Gasteiger partial charge in [0.05, 0.1) is 0 Å². The van der Waals surface area contributed by atoms with Crippen LogP contribution in [0.2, 0.25) is 0 Å². The molecular formula is C14H17N5O2. The van der Waals surface area contributed by atoms with Crippen molar-refractivity contribution in [1.82, 2.24) is 15.2 Å². The van der Waals surface area contributed by atoms with E-state index in [9.17, 15) is 9.59 Å². The minimum Gasteiger partial charge on any atom is -0.326 e. The van der Waals surface area contributed by atoms with Gasteiger partial charge in [-0.1, -0.05) is 19.9 Å². The number of nitrogens with zero attached hydrogens (tertiary/aromatic N) is 2. The van der Waals surface area contributed by atoms with E-state index < -0.39 is 5.91 Å². The number of anilines is 2. The monoisotopic (exact) mass is 287 g/mol. The molecule has 21 heavy (non-hydrogen) atoms. The molecule has 2 amide bonds. The standard InChI is InChI=1S/C14H17N5O2/c1-3-11-17-13(19-18-11)14(21)16-10-7-5-6-9(8-10)15-12(20)4-2/h5-8H,3-4H2,1-2H3,(H,15,20)(H,16,21)(H,17,18,19). The number of aromatic nitrogens is 3. The Morgan fingerprint density at radius 1 is 1.19 bits per heavy atom. The molecule has 2 aromatic rings. The van der Waals surface area contributed by atoms with E-state index in [1.54, 1.807) is 31.2 Å². The summed E-state index contributed by atoms with van der Waals surface area (Å²) in [6, 6.07) is 6.91. The molecule has 0 bridgehead atoms. The maximum absolute atomic E-state index is 12.0. The second-order valence-corrected chi connectivity index (χ2v) is 4.40. The minimum absolute atomic E-state index is 0.0833. The van der Waals surface area contributed by atoms with E-state index in [0.717, 1.165) is 0 Å². The third-order valence-electron chi connectivity index (χ3n) is 2.80. The summed E-state index contributed by atoms with van der Waals surface area (Å²) in [7, 11) is 0. The molecule has 1 heterocycles. The van der Waals surface area contributed by atoms with Gasteiger partial charge in [-0.2, -0.15) is 0 Å². The number of nitrogens with one attached hydrogen (secondary N) is 3. The van der Waals surface area contributed by atoms with Crippen LogP contribution in [0.4, 0.5) is 11.4 Å². The van der Waals surface area contributed by atoms with Gasteiger partial charge in [0, 0.05) is 24.2 Å². The van der Waals surface area contributed by atoms with Crippen molar-refractivity contribution >= 4 is 23.2 Å². The summed E-state index contributed by atoms with van der Waals surface area (Å²) in [6.07, 6.45) is 1.08. The number of carbonyl (C=O) groups is 2. The number of amides is 2. The maximum atomic E-state index is 12.0. The van der Waals surface area contributed by atoms with E-state index in [0.29, 0.717) is 30.0 Å². The zero-order valence-electron chi connectivity index (χ0n) is 11.9. The van der Waals surface area contributed by atoms with E-state index in [-0.39, 0.29) is 11.7 Å². The first-order valence-corrected chi connectivity index (χ1v) is 6.75. The predicted molar refractivity (Wildman–Crippen MR) is 79.1 cm³/mol. The molecule has 0 fully saturated rings. The number of H-pyrrole nitrogens is 1. The van der Waals surface area contributed by atoms with Crippen LogP contribution < -0.4 is 10.6 Å². The largest absolute Gasteiger partial charge is 0.326 e. The first kappa shape index (κ1) is 14.7. The van der Waals surface area contributed by atoms with Crippen molar-refractivity contribution in [2.75, 3.05) is 10.6 Å². The summed E-state index contributed by atoms with van der Waals surface area (Å²) in [5, 5.41) is 12.0. The van der Waals surface area contributed by atoms with Crippen LogP contribution in [0.15, 0.2) is 24.3 Å². The molecule has 0 spiro atoms. The third-order valence-corrected chi connectivity index (χ3v) is 2.80. The van der Waals surface area contributed by atoms with E-state index in [2.05, 4.69) is 25.8 Å². The molecule has 0 unspecified atom stereocenters. The summed E-state index contributed by atoms with van der Waals surface area (Å²) < 4.78 is 0. The van der Waals surface area contributed by atoms with Crippen molar-refractivity contribution < 1.29 is 9.59 Å². The van der Waals surface area contributed by atoms with Crippen molar-refractivity contribution in [2.24, 2.45) is 0 Å². The molecule has 0 aliphatic heterocycles. The van der Waals surface area contributed by atoms with Crippen LogP contribution in [0.1, 0.15) is 36.7 Å². The van der Waals surface area contributed by atoms with Gasteiger partial charge in [-0.05, 0) is 18.2 Å². The molecular weight excluding hydrogens is 270 g/mol. The lowest BCUT2D eigenvalue weighted by Crippen LogP contribution is -2.14. The highest BCUT2D eigenvalue weighted by Crippen LogP contribution is 2.15. The van der Waals surface area contributed by atoms with Crippen molar-refractivity contribution in [3.63, 3.8) is 0 Å². The average molecular weight is 287 g/mol. The Balaban J connectivity index is 2.06. The van der Waals surface area contributed by atoms with Crippen LogP contribution in [0, 0.1) is 0 Å². The van der Waals surface area contributed by atoms with E-state index in [1.807, 2.05) is 6.92 Å². The summed E-state index contributed by atoms with van der Waals surface area (Å²) in [4.78, 5) is 27.4. The first-order chi connectivity index (χ1) is 10.1. The fraction of sp³-hybridized carbons (Fsp3) is 0.286. The Morgan fingerprint density at radius 3 is 2.52 bits per heavy atom. The van der Waals surface area contributed by atoms with Crippen molar-refractivity contribution in [3.05, 3.63) is 35.9 Å². The molecule has 1 aromatic heterocycles. The van der Waals surface area contributed by atoms with Crippen LogP contribution in [0.25, 0.3) is 0 Å².